The Hall–Kier alpha value is -1.83. The highest BCUT2D eigenvalue weighted by Crippen LogP contribution is 2.29. The molecule has 3 rings (SSSR count). The molecule has 2 atom stereocenters. The zero-order valence-electron chi connectivity index (χ0n) is 15.3. The van der Waals surface area contributed by atoms with Crippen LogP contribution in [0.25, 0.3) is 0 Å². The number of amides is 3. The Morgan fingerprint density at radius 1 is 1.15 bits per heavy atom. The number of nitrogens with zero attached hydrogens (tertiary/aromatic N) is 2. The van der Waals surface area contributed by atoms with Crippen LogP contribution in [0.15, 0.2) is 0 Å². The van der Waals surface area contributed by atoms with Gasteiger partial charge in [0.1, 0.15) is 0 Å². The van der Waals surface area contributed by atoms with Gasteiger partial charge in [0.25, 0.3) is 0 Å². The Morgan fingerprint density at radius 2 is 1.92 bits per heavy atom. The number of carbonyl (C=O) groups excluding carboxylic acids is 2. The minimum atomic E-state index is -0.923. The summed E-state index contributed by atoms with van der Waals surface area (Å²) in [4.78, 5) is 39.3. The number of hydrogen-bond donors (Lipinski definition) is 3. The summed E-state index contributed by atoms with van der Waals surface area (Å²) in [7, 11) is 0. The fourth-order valence-corrected chi connectivity index (χ4v) is 4.31. The van der Waals surface area contributed by atoms with Crippen molar-refractivity contribution in [3.8, 4) is 0 Å². The SMILES string of the molecule is O=C(O)CCNC(=O)[C@H]1CC[C@@H]2CN(CCC3CCNCC3)C(=O)N2C1. The quantitative estimate of drug-likeness (QED) is 0.608. The van der Waals surface area contributed by atoms with E-state index in [1.165, 1.54) is 12.8 Å². The number of fused-ring (bicyclic) bond motifs is 1. The summed E-state index contributed by atoms with van der Waals surface area (Å²) in [5.74, 6) is -0.582. The van der Waals surface area contributed by atoms with Crippen LogP contribution >= 0.6 is 0 Å². The third-order valence-corrected chi connectivity index (χ3v) is 5.93. The number of nitrogens with one attached hydrogen (secondary N) is 2. The van der Waals surface area contributed by atoms with Crippen molar-refractivity contribution < 1.29 is 19.5 Å². The molecule has 3 aliphatic rings. The summed E-state index contributed by atoms with van der Waals surface area (Å²) in [6.45, 7) is 4.33. The summed E-state index contributed by atoms with van der Waals surface area (Å²) in [6.07, 6.45) is 4.96. The van der Waals surface area contributed by atoms with Crippen LogP contribution in [0.4, 0.5) is 4.79 Å². The van der Waals surface area contributed by atoms with Crippen LogP contribution < -0.4 is 10.6 Å². The standard InChI is InChI=1S/C18H30N4O4/c23-16(24)5-9-20-17(25)14-1-2-15-12-21(18(26)22(15)11-14)10-6-13-3-7-19-8-4-13/h13-15,19H,1-12H2,(H,20,25)(H,23,24)/t14-,15+/m0/s1. The lowest BCUT2D eigenvalue weighted by atomic mass is 9.93. The second-order valence-corrected chi connectivity index (χ2v) is 7.73. The average Bonchev–Trinajstić information content (AvgIpc) is 2.96. The molecule has 3 saturated heterocycles. The van der Waals surface area contributed by atoms with E-state index in [9.17, 15) is 14.4 Å². The molecule has 0 aromatic carbocycles. The maximum Gasteiger partial charge on any atom is 0.320 e. The average molecular weight is 366 g/mol. The molecule has 0 aromatic rings. The van der Waals surface area contributed by atoms with E-state index in [0.29, 0.717) is 12.5 Å². The van der Waals surface area contributed by atoms with Crippen molar-refractivity contribution in [1.29, 1.82) is 0 Å². The van der Waals surface area contributed by atoms with Crippen LogP contribution in [-0.4, -0.2) is 78.1 Å². The topological polar surface area (TPSA) is 102 Å². The van der Waals surface area contributed by atoms with Crippen LogP contribution in [0.1, 0.15) is 38.5 Å². The van der Waals surface area contributed by atoms with Crippen molar-refractivity contribution in [2.75, 3.05) is 39.3 Å². The lowest BCUT2D eigenvalue weighted by Crippen LogP contribution is -2.47. The number of urea groups is 1. The maximum absolute atomic E-state index is 12.7. The molecule has 0 radical (unpaired) electrons. The molecule has 0 unspecified atom stereocenters. The summed E-state index contributed by atoms with van der Waals surface area (Å²) in [6, 6.07) is 0.283. The van der Waals surface area contributed by atoms with Gasteiger partial charge in [-0.1, -0.05) is 0 Å². The Balaban J connectivity index is 1.45. The van der Waals surface area contributed by atoms with Crippen molar-refractivity contribution in [3.05, 3.63) is 0 Å². The zero-order valence-corrected chi connectivity index (χ0v) is 15.3. The lowest BCUT2D eigenvalue weighted by Gasteiger charge is -2.33. The number of aliphatic carboxylic acids is 1. The Morgan fingerprint density at radius 3 is 2.65 bits per heavy atom. The van der Waals surface area contributed by atoms with E-state index in [0.717, 1.165) is 45.4 Å². The molecule has 3 N–H and O–H groups in total. The molecule has 8 nitrogen and oxygen atoms in total. The van der Waals surface area contributed by atoms with E-state index < -0.39 is 5.97 Å². The summed E-state index contributed by atoms with van der Waals surface area (Å²) >= 11 is 0. The van der Waals surface area contributed by atoms with Crippen LogP contribution in [0.2, 0.25) is 0 Å². The molecule has 3 aliphatic heterocycles. The lowest BCUT2D eigenvalue weighted by molar-refractivity contribution is -0.137. The van der Waals surface area contributed by atoms with Crippen molar-refractivity contribution >= 4 is 17.9 Å². The van der Waals surface area contributed by atoms with Crippen LogP contribution in [-0.2, 0) is 9.59 Å². The Kier molecular flexibility index (Phi) is 6.34. The van der Waals surface area contributed by atoms with E-state index in [1.54, 1.807) is 0 Å². The van der Waals surface area contributed by atoms with Crippen LogP contribution in [0, 0.1) is 11.8 Å². The fraction of sp³-hybridized carbons (Fsp3) is 0.833. The van der Waals surface area contributed by atoms with Crippen molar-refractivity contribution in [2.45, 2.75) is 44.6 Å². The molecule has 146 valence electrons. The molecule has 3 heterocycles. The molecule has 0 bridgehead atoms. The monoisotopic (exact) mass is 366 g/mol. The van der Waals surface area contributed by atoms with E-state index in [-0.39, 0.29) is 36.9 Å². The van der Waals surface area contributed by atoms with Gasteiger partial charge in [0.05, 0.1) is 18.4 Å². The predicted molar refractivity (Wildman–Crippen MR) is 95.7 cm³/mol. The molecular weight excluding hydrogens is 336 g/mol. The van der Waals surface area contributed by atoms with E-state index in [1.807, 2.05) is 9.80 Å². The number of carbonyl (C=O) groups is 3. The first kappa shape index (κ1) is 18.9. The third kappa shape index (κ3) is 4.66. The van der Waals surface area contributed by atoms with Gasteiger partial charge >= 0.3 is 12.0 Å². The third-order valence-electron chi connectivity index (χ3n) is 5.93. The van der Waals surface area contributed by atoms with E-state index >= 15 is 0 Å². The van der Waals surface area contributed by atoms with Gasteiger partial charge in [-0.25, -0.2) is 4.79 Å². The fourth-order valence-electron chi connectivity index (χ4n) is 4.31. The smallest absolute Gasteiger partial charge is 0.320 e. The largest absolute Gasteiger partial charge is 0.481 e. The molecule has 0 aromatic heterocycles. The first-order valence-electron chi connectivity index (χ1n) is 9.80. The van der Waals surface area contributed by atoms with Gasteiger partial charge in [0, 0.05) is 26.2 Å². The van der Waals surface area contributed by atoms with Crippen LogP contribution in [0.3, 0.4) is 0 Å². The van der Waals surface area contributed by atoms with Crippen molar-refractivity contribution in [1.82, 2.24) is 20.4 Å². The molecule has 0 aliphatic carbocycles. The Labute approximate surface area is 154 Å². The van der Waals surface area contributed by atoms with Gasteiger partial charge in [-0.05, 0) is 51.1 Å². The van der Waals surface area contributed by atoms with Gasteiger partial charge in [-0.2, -0.15) is 0 Å². The first-order valence-corrected chi connectivity index (χ1v) is 9.80. The van der Waals surface area contributed by atoms with Gasteiger partial charge in [-0.3, -0.25) is 9.59 Å². The second kappa shape index (κ2) is 8.70. The molecule has 0 spiro atoms. The highest BCUT2D eigenvalue weighted by molar-refractivity contribution is 5.82. The maximum atomic E-state index is 12.7. The predicted octanol–water partition coefficient (Wildman–Crippen LogP) is 0.483. The number of carboxylic acid groups (broad SMARTS) is 1. The zero-order chi connectivity index (χ0) is 18.5. The first-order chi connectivity index (χ1) is 12.5. The molecular formula is C18H30N4O4. The molecule has 8 heteroatoms. The number of hydrogen-bond acceptors (Lipinski definition) is 4. The molecule has 3 amide bonds. The van der Waals surface area contributed by atoms with Gasteiger partial charge in [0.15, 0.2) is 0 Å². The van der Waals surface area contributed by atoms with Gasteiger partial charge in [-0.15, -0.1) is 0 Å². The van der Waals surface area contributed by atoms with E-state index in [2.05, 4.69) is 10.6 Å². The minimum absolute atomic E-state index is 0.0620. The van der Waals surface area contributed by atoms with Gasteiger partial charge in [0.2, 0.25) is 5.91 Å². The van der Waals surface area contributed by atoms with E-state index in [4.69, 9.17) is 5.11 Å². The van der Waals surface area contributed by atoms with Crippen LogP contribution in [0.5, 0.6) is 0 Å². The molecule has 0 saturated carbocycles. The minimum Gasteiger partial charge on any atom is -0.481 e. The van der Waals surface area contributed by atoms with Crippen molar-refractivity contribution in [3.63, 3.8) is 0 Å². The number of carboxylic acids is 1. The molecule has 26 heavy (non-hydrogen) atoms. The Bertz CT molecular complexity index is 535. The summed E-state index contributed by atoms with van der Waals surface area (Å²) in [5.41, 5.74) is 0. The summed E-state index contributed by atoms with van der Waals surface area (Å²) < 4.78 is 0. The van der Waals surface area contributed by atoms with Crippen molar-refractivity contribution in [2.24, 2.45) is 11.8 Å². The highest BCUT2D eigenvalue weighted by Gasteiger charge is 2.42. The normalized spacial score (nSPS) is 26.7. The second-order valence-electron chi connectivity index (χ2n) is 7.73. The number of piperidine rings is 2. The number of rotatable bonds is 7. The highest BCUT2D eigenvalue weighted by atomic mass is 16.4. The summed E-state index contributed by atoms with van der Waals surface area (Å²) in [5, 5.41) is 14.7. The molecule has 3 fully saturated rings. The van der Waals surface area contributed by atoms with Gasteiger partial charge < -0.3 is 25.5 Å².